The SMILES string of the molecule is Cc1ccnc(N)c1Cc1nnn(C)n1. The van der Waals surface area contributed by atoms with Crippen LogP contribution >= 0.6 is 0 Å². The minimum atomic E-state index is 0.530. The Kier molecular flexibility index (Phi) is 2.32. The quantitative estimate of drug-likeness (QED) is 0.749. The molecule has 0 aliphatic heterocycles. The molecule has 0 fully saturated rings. The number of tetrazole rings is 1. The van der Waals surface area contributed by atoms with Gasteiger partial charge in [-0.25, -0.2) is 4.98 Å². The lowest BCUT2D eigenvalue weighted by molar-refractivity contribution is 0.628. The topological polar surface area (TPSA) is 82.5 Å². The predicted octanol–water partition coefficient (Wildman–Crippen LogP) is 0.0865. The summed E-state index contributed by atoms with van der Waals surface area (Å²) in [6, 6.07) is 1.92. The first-order valence-electron chi connectivity index (χ1n) is 4.59. The van der Waals surface area contributed by atoms with E-state index in [9.17, 15) is 0 Å². The van der Waals surface area contributed by atoms with Crippen LogP contribution in [0.4, 0.5) is 5.82 Å². The van der Waals surface area contributed by atoms with Crippen LogP contribution in [0.25, 0.3) is 0 Å². The molecule has 0 bridgehead atoms. The van der Waals surface area contributed by atoms with Crippen LogP contribution in [0.3, 0.4) is 0 Å². The van der Waals surface area contributed by atoms with Crippen molar-refractivity contribution < 1.29 is 0 Å². The summed E-state index contributed by atoms with van der Waals surface area (Å²) in [4.78, 5) is 5.47. The highest BCUT2D eigenvalue weighted by molar-refractivity contribution is 5.45. The largest absolute Gasteiger partial charge is 0.383 e. The number of hydrogen-bond acceptors (Lipinski definition) is 5. The Bertz CT molecular complexity index is 455. The Morgan fingerprint density at radius 1 is 1.47 bits per heavy atom. The van der Waals surface area contributed by atoms with E-state index in [1.165, 1.54) is 4.80 Å². The lowest BCUT2D eigenvalue weighted by Gasteiger charge is -2.04. The third-order valence-corrected chi connectivity index (χ3v) is 2.21. The molecule has 2 N–H and O–H groups in total. The summed E-state index contributed by atoms with van der Waals surface area (Å²) in [5, 5.41) is 11.8. The number of anilines is 1. The molecular weight excluding hydrogens is 192 g/mol. The lowest BCUT2D eigenvalue weighted by Crippen LogP contribution is -2.02. The van der Waals surface area contributed by atoms with Crippen LogP contribution in [-0.4, -0.2) is 25.2 Å². The van der Waals surface area contributed by atoms with Gasteiger partial charge in [0.25, 0.3) is 0 Å². The Labute approximate surface area is 87.1 Å². The maximum Gasteiger partial charge on any atom is 0.179 e. The molecule has 2 rings (SSSR count). The third kappa shape index (κ3) is 1.93. The van der Waals surface area contributed by atoms with E-state index in [4.69, 9.17) is 5.73 Å². The van der Waals surface area contributed by atoms with Gasteiger partial charge in [-0.05, 0) is 23.8 Å². The first-order valence-corrected chi connectivity index (χ1v) is 4.59. The van der Waals surface area contributed by atoms with Gasteiger partial charge in [0.2, 0.25) is 0 Å². The highest BCUT2D eigenvalue weighted by atomic mass is 15.6. The zero-order chi connectivity index (χ0) is 10.8. The number of nitrogens with two attached hydrogens (primary N) is 1. The summed E-state index contributed by atoms with van der Waals surface area (Å²) >= 11 is 0. The van der Waals surface area contributed by atoms with Crippen molar-refractivity contribution in [3.63, 3.8) is 0 Å². The van der Waals surface area contributed by atoms with Gasteiger partial charge in [-0.15, -0.1) is 10.2 Å². The third-order valence-electron chi connectivity index (χ3n) is 2.21. The molecule has 0 aromatic carbocycles. The van der Waals surface area contributed by atoms with Gasteiger partial charge in [0.15, 0.2) is 5.82 Å². The number of nitrogens with zero attached hydrogens (tertiary/aromatic N) is 5. The average Bonchev–Trinajstić information content (AvgIpc) is 2.58. The molecule has 0 aliphatic carbocycles. The number of rotatable bonds is 2. The minimum Gasteiger partial charge on any atom is -0.383 e. The van der Waals surface area contributed by atoms with Crippen LogP contribution in [0.1, 0.15) is 17.0 Å². The molecule has 2 aromatic heterocycles. The predicted molar refractivity (Wildman–Crippen MR) is 55.0 cm³/mol. The van der Waals surface area contributed by atoms with E-state index >= 15 is 0 Å². The second-order valence-corrected chi connectivity index (χ2v) is 3.36. The number of nitrogen functional groups attached to an aromatic ring is 1. The molecule has 6 nitrogen and oxygen atoms in total. The Morgan fingerprint density at radius 3 is 2.87 bits per heavy atom. The normalized spacial score (nSPS) is 10.5. The van der Waals surface area contributed by atoms with E-state index in [1.54, 1.807) is 13.2 Å². The van der Waals surface area contributed by atoms with Gasteiger partial charge in [-0.2, -0.15) is 4.80 Å². The van der Waals surface area contributed by atoms with Crippen molar-refractivity contribution in [3.05, 3.63) is 29.2 Å². The van der Waals surface area contributed by atoms with Crippen LogP contribution in [0.2, 0.25) is 0 Å². The van der Waals surface area contributed by atoms with E-state index in [1.807, 2.05) is 13.0 Å². The average molecular weight is 204 g/mol. The van der Waals surface area contributed by atoms with E-state index in [0.29, 0.717) is 18.1 Å². The molecule has 15 heavy (non-hydrogen) atoms. The molecule has 0 aliphatic rings. The Morgan fingerprint density at radius 2 is 2.27 bits per heavy atom. The van der Waals surface area contributed by atoms with Crippen molar-refractivity contribution in [1.29, 1.82) is 0 Å². The zero-order valence-electron chi connectivity index (χ0n) is 8.68. The molecule has 0 atom stereocenters. The van der Waals surface area contributed by atoms with E-state index in [2.05, 4.69) is 20.4 Å². The van der Waals surface area contributed by atoms with Gasteiger partial charge in [0, 0.05) is 18.2 Å². The molecule has 0 saturated carbocycles. The molecule has 0 saturated heterocycles. The smallest absolute Gasteiger partial charge is 0.179 e. The zero-order valence-corrected chi connectivity index (χ0v) is 8.68. The molecule has 2 heterocycles. The maximum absolute atomic E-state index is 5.78. The van der Waals surface area contributed by atoms with E-state index in [0.717, 1.165) is 11.1 Å². The summed E-state index contributed by atoms with van der Waals surface area (Å²) in [6.45, 7) is 1.99. The highest BCUT2D eigenvalue weighted by Gasteiger charge is 2.08. The van der Waals surface area contributed by atoms with Crippen LogP contribution in [0.5, 0.6) is 0 Å². The fraction of sp³-hybridized carbons (Fsp3) is 0.333. The fourth-order valence-electron chi connectivity index (χ4n) is 1.39. The van der Waals surface area contributed by atoms with Crippen molar-refractivity contribution in [1.82, 2.24) is 25.2 Å². The van der Waals surface area contributed by atoms with Gasteiger partial charge in [-0.1, -0.05) is 0 Å². The number of pyridine rings is 1. The second-order valence-electron chi connectivity index (χ2n) is 3.36. The molecule has 0 amide bonds. The van der Waals surface area contributed by atoms with Crippen molar-refractivity contribution in [3.8, 4) is 0 Å². The van der Waals surface area contributed by atoms with Crippen molar-refractivity contribution in [2.24, 2.45) is 7.05 Å². The van der Waals surface area contributed by atoms with Crippen LogP contribution in [0.15, 0.2) is 12.3 Å². The molecule has 2 aromatic rings. The monoisotopic (exact) mass is 204 g/mol. The molecule has 0 spiro atoms. The summed E-state index contributed by atoms with van der Waals surface area (Å²) in [6.07, 6.45) is 2.26. The van der Waals surface area contributed by atoms with E-state index in [-0.39, 0.29) is 0 Å². The highest BCUT2D eigenvalue weighted by Crippen LogP contribution is 2.15. The first-order chi connectivity index (χ1) is 7.16. The Hall–Kier alpha value is -1.98. The molecule has 0 radical (unpaired) electrons. The van der Waals surface area contributed by atoms with Gasteiger partial charge in [0.05, 0.1) is 7.05 Å². The number of aryl methyl sites for hydroxylation is 2. The molecular formula is C9H12N6. The second kappa shape index (κ2) is 3.64. The van der Waals surface area contributed by atoms with Gasteiger partial charge < -0.3 is 5.73 Å². The van der Waals surface area contributed by atoms with Gasteiger partial charge >= 0.3 is 0 Å². The Balaban J connectivity index is 2.31. The van der Waals surface area contributed by atoms with Crippen molar-refractivity contribution in [2.75, 3.05) is 5.73 Å². The lowest BCUT2D eigenvalue weighted by atomic mass is 10.1. The summed E-state index contributed by atoms with van der Waals surface area (Å²) in [5.74, 6) is 1.18. The van der Waals surface area contributed by atoms with Crippen molar-refractivity contribution in [2.45, 2.75) is 13.3 Å². The molecule has 0 unspecified atom stereocenters. The van der Waals surface area contributed by atoms with Crippen LogP contribution in [-0.2, 0) is 13.5 Å². The molecule has 78 valence electrons. The van der Waals surface area contributed by atoms with Crippen LogP contribution < -0.4 is 5.73 Å². The maximum atomic E-state index is 5.78. The minimum absolute atomic E-state index is 0.530. The summed E-state index contributed by atoms with van der Waals surface area (Å²) < 4.78 is 0. The van der Waals surface area contributed by atoms with E-state index < -0.39 is 0 Å². The van der Waals surface area contributed by atoms with Crippen LogP contribution in [0, 0.1) is 6.92 Å². The molecule has 6 heteroatoms. The van der Waals surface area contributed by atoms with Crippen molar-refractivity contribution >= 4 is 5.82 Å². The number of hydrogen-bond donors (Lipinski definition) is 1. The first kappa shape index (κ1) is 9.57. The fourth-order valence-corrected chi connectivity index (χ4v) is 1.39. The summed E-state index contributed by atoms with van der Waals surface area (Å²) in [5.41, 5.74) is 7.84. The summed E-state index contributed by atoms with van der Waals surface area (Å²) in [7, 11) is 1.73. The number of aromatic nitrogens is 5. The van der Waals surface area contributed by atoms with Gasteiger partial charge in [-0.3, -0.25) is 0 Å². The van der Waals surface area contributed by atoms with Gasteiger partial charge in [0.1, 0.15) is 5.82 Å². The standard InChI is InChI=1S/C9H12N6/c1-6-3-4-11-9(10)7(6)5-8-12-14-15(2)13-8/h3-4H,5H2,1-2H3,(H2,10,11).